The average Bonchev–Trinajstić information content (AvgIpc) is 3.16. The molecule has 36 heavy (non-hydrogen) atoms. The first-order chi connectivity index (χ1) is 17.0. The van der Waals surface area contributed by atoms with Crippen LogP contribution in [0.5, 0.6) is 0 Å². The molecule has 1 fully saturated rings. The molecule has 0 unspecified atom stereocenters. The molecule has 0 aromatic rings. The number of hydrogen-bond donors (Lipinski definition) is 2. The number of ether oxygens (including phenoxy) is 4. The molecule has 0 spiro atoms. The van der Waals surface area contributed by atoms with Crippen LogP contribution in [-0.2, 0) is 38.1 Å². The van der Waals surface area contributed by atoms with Crippen LogP contribution in [-0.4, -0.2) is 72.2 Å². The summed E-state index contributed by atoms with van der Waals surface area (Å²) in [4.78, 5) is 51.3. The van der Waals surface area contributed by atoms with Gasteiger partial charge in [0.2, 0.25) is 0 Å². The lowest BCUT2D eigenvalue weighted by atomic mass is 9.80. The Labute approximate surface area is 210 Å². The molecule has 1 saturated heterocycles. The van der Waals surface area contributed by atoms with Gasteiger partial charge in [-0.2, -0.15) is 0 Å². The van der Waals surface area contributed by atoms with E-state index in [1.54, 1.807) is 13.8 Å². The second-order valence-electron chi connectivity index (χ2n) is 8.72. The Bertz CT molecular complexity index is 975. The summed E-state index contributed by atoms with van der Waals surface area (Å²) in [5.41, 5.74) is -0.0595. The third-order valence-corrected chi connectivity index (χ3v) is 6.48. The third kappa shape index (κ3) is 6.11. The highest BCUT2D eigenvalue weighted by molar-refractivity contribution is 5.93. The van der Waals surface area contributed by atoms with E-state index in [9.17, 15) is 29.4 Å². The summed E-state index contributed by atoms with van der Waals surface area (Å²) >= 11 is 0. The van der Waals surface area contributed by atoms with E-state index in [-0.39, 0.29) is 29.6 Å². The second-order valence-corrected chi connectivity index (χ2v) is 8.72. The molecule has 198 valence electrons. The van der Waals surface area contributed by atoms with Gasteiger partial charge in [0.05, 0.1) is 36.7 Å². The Kier molecular flexibility index (Phi) is 10.2. The zero-order valence-electron chi connectivity index (χ0n) is 21.0. The maximum atomic E-state index is 13.0. The van der Waals surface area contributed by atoms with Crippen molar-refractivity contribution < 1.29 is 48.3 Å². The van der Waals surface area contributed by atoms with Crippen molar-refractivity contribution in [1.29, 1.82) is 0 Å². The maximum Gasteiger partial charge on any atom is 0.337 e. The first-order valence-corrected chi connectivity index (χ1v) is 11.7. The molecule has 2 N–H and O–H groups in total. The van der Waals surface area contributed by atoms with Crippen LogP contribution < -0.4 is 0 Å². The fourth-order valence-electron chi connectivity index (χ4n) is 3.99. The monoisotopic (exact) mass is 506 g/mol. The Morgan fingerprint density at radius 2 is 1.94 bits per heavy atom. The molecule has 6 atom stereocenters. The van der Waals surface area contributed by atoms with Crippen LogP contribution in [0.4, 0.5) is 0 Å². The first kappa shape index (κ1) is 29.0. The molecule has 1 aliphatic carbocycles. The lowest BCUT2D eigenvalue weighted by Gasteiger charge is -2.36. The van der Waals surface area contributed by atoms with Gasteiger partial charge in [0.25, 0.3) is 0 Å². The normalized spacial score (nSPS) is 29.3. The molecule has 10 heteroatoms. The number of esters is 4. The Balaban J connectivity index is 2.78. The smallest absolute Gasteiger partial charge is 0.337 e. The summed E-state index contributed by atoms with van der Waals surface area (Å²) < 4.78 is 21.8. The van der Waals surface area contributed by atoms with E-state index in [4.69, 9.17) is 18.9 Å². The standard InChI is InChI=1S/C26H34O10/c1-7-13(3)23(29)34-20-17(26(32)33-6)11-9-10-14(4)19(28)21-18(15(5)24(30)35-21)22(20)36-25(31)16(8-2)12-27/h8,11,13,18-22,27-28H,4-5,7,9-10,12H2,1-3,6H3/b16-8-,17-11+/t13-,18+,19+,20+,21+,22+/m1/s1. The number of allylic oxidation sites excluding steroid dienone is 2. The van der Waals surface area contributed by atoms with Crippen molar-refractivity contribution in [2.75, 3.05) is 13.7 Å². The lowest BCUT2D eigenvalue weighted by Crippen LogP contribution is -2.50. The molecule has 2 rings (SSSR count). The van der Waals surface area contributed by atoms with E-state index in [2.05, 4.69) is 13.2 Å². The van der Waals surface area contributed by atoms with Gasteiger partial charge in [-0.15, -0.1) is 0 Å². The molecule has 1 aliphatic heterocycles. The number of carbonyl (C=O) groups is 4. The van der Waals surface area contributed by atoms with Gasteiger partial charge in [0, 0.05) is 5.57 Å². The van der Waals surface area contributed by atoms with Crippen LogP contribution >= 0.6 is 0 Å². The first-order valence-electron chi connectivity index (χ1n) is 11.7. The zero-order valence-corrected chi connectivity index (χ0v) is 21.0. The van der Waals surface area contributed by atoms with Crippen LogP contribution in [0, 0.1) is 11.8 Å². The van der Waals surface area contributed by atoms with Crippen molar-refractivity contribution in [3.8, 4) is 0 Å². The molecule has 0 aromatic carbocycles. The van der Waals surface area contributed by atoms with Crippen molar-refractivity contribution in [3.63, 3.8) is 0 Å². The second kappa shape index (κ2) is 12.6. The summed E-state index contributed by atoms with van der Waals surface area (Å²) in [7, 11) is 1.15. The van der Waals surface area contributed by atoms with Crippen molar-refractivity contribution in [2.45, 2.75) is 64.4 Å². The topological polar surface area (TPSA) is 146 Å². The molecule has 0 radical (unpaired) electrons. The molecular weight excluding hydrogens is 472 g/mol. The van der Waals surface area contributed by atoms with Gasteiger partial charge in [-0.1, -0.05) is 39.2 Å². The number of hydrogen-bond acceptors (Lipinski definition) is 10. The zero-order chi connectivity index (χ0) is 27.2. The lowest BCUT2D eigenvalue weighted by molar-refractivity contribution is -0.174. The number of methoxy groups -OCH3 is 1. The van der Waals surface area contributed by atoms with E-state index in [0.29, 0.717) is 12.0 Å². The van der Waals surface area contributed by atoms with E-state index in [0.717, 1.165) is 7.11 Å². The molecule has 2 aliphatic rings. The minimum atomic E-state index is -1.54. The minimum absolute atomic E-state index is 0.111. The summed E-state index contributed by atoms with van der Waals surface area (Å²) in [5, 5.41) is 20.5. The van der Waals surface area contributed by atoms with Crippen LogP contribution in [0.1, 0.15) is 40.0 Å². The van der Waals surface area contributed by atoms with Crippen molar-refractivity contribution >= 4 is 23.9 Å². The van der Waals surface area contributed by atoms with Crippen LogP contribution in [0.15, 0.2) is 47.6 Å². The van der Waals surface area contributed by atoms with E-state index in [1.807, 2.05) is 0 Å². The SMILES string of the molecule is C=C1C(=O)O[C@H]2[C@H]1[C@H](OC(=O)/C(=C\C)CO)[C@@H](OC(=O)[C@H](C)CC)/C(C(=O)OC)=C\CCC(=C)[C@@H]2O. The largest absolute Gasteiger partial charge is 0.466 e. The summed E-state index contributed by atoms with van der Waals surface area (Å²) in [6.45, 7) is 11.9. The number of carbonyl (C=O) groups excluding carboxylic acids is 4. The van der Waals surface area contributed by atoms with Crippen LogP contribution in [0.3, 0.4) is 0 Å². The molecule has 10 nitrogen and oxygen atoms in total. The van der Waals surface area contributed by atoms with Gasteiger partial charge in [-0.05, 0) is 31.8 Å². The van der Waals surface area contributed by atoms with Crippen molar-refractivity contribution in [2.24, 2.45) is 11.8 Å². The predicted molar refractivity (Wildman–Crippen MR) is 127 cm³/mol. The van der Waals surface area contributed by atoms with Gasteiger partial charge in [0.1, 0.15) is 12.2 Å². The van der Waals surface area contributed by atoms with Gasteiger partial charge in [-0.3, -0.25) is 4.79 Å². The van der Waals surface area contributed by atoms with Gasteiger partial charge in [0.15, 0.2) is 12.2 Å². The van der Waals surface area contributed by atoms with Crippen LogP contribution in [0.2, 0.25) is 0 Å². The van der Waals surface area contributed by atoms with Crippen LogP contribution in [0.25, 0.3) is 0 Å². The minimum Gasteiger partial charge on any atom is -0.466 e. The van der Waals surface area contributed by atoms with Crippen molar-refractivity contribution in [3.05, 3.63) is 47.6 Å². The summed E-state index contributed by atoms with van der Waals surface area (Å²) in [5.74, 6) is -5.13. The Hall–Kier alpha value is -3.24. The Morgan fingerprint density at radius 1 is 1.28 bits per heavy atom. The molecule has 0 aromatic heterocycles. The van der Waals surface area contributed by atoms with E-state index < -0.39 is 66.7 Å². The fraction of sp³-hybridized carbons (Fsp3) is 0.538. The third-order valence-electron chi connectivity index (χ3n) is 6.48. The van der Waals surface area contributed by atoms with Crippen molar-refractivity contribution in [1.82, 2.24) is 0 Å². The van der Waals surface area contributed by atoms with E-state index >= 15 is 0 Å². The molecule has 0 amide bonds. The Morgan fingerprint density at radius 3 is 2.50 bits per heavy atom. The van der Waals surface area contributed by atoms with Gasteiger partial charge >= 0.3 is 23.9 Å². The molecule has 1 heterocycles. The molecular formula is C26H34O10. The fourth-order valence-corrected chi connectivity index (χ4v) is 3.99. The van der Waals surface area contributed by atoms with Gasteiger partial charge < -0.3 is 29.2 Å². The summed E-state index contributed by atoms with van der Waals surface area (Å²) in [6, 6.07) is 0. The highest BCUT2D eigenvalue weighted by Gasteiger charge is 2.54. The molecule has 0 bridgehead atoms. The molecule has 0 saturated carbocycles. The highest BCUT2D eigenvalue weighted by atomic mass is 16.6. The number of aliphatic hydroxyl groups excluding tert-OH is 2. The number of aliphatic hydroxyl groups is 2. The summed E-state index contributed by atoms with van der Waals surface area (Å²) in [6.07, 6.45) is -2.06. The average molecular weight is 507 g/mol. The highest BCUT2D eigenvalue weighted by Crippen LogP contribution is 2.40. The predicted octanol–water partition coefficient (Wildman–Crippen LogP) is 1.70. The van der Waals surface area contributed by atoms with E-state index in [1.165, 1.54) is 19.1 Å². The van der Waals surface area contributed by atoms with Gasteiger partial charge in [-0.25, -0.2) is 14.4 Å². The quantitative estimate of drug-likeness (QED) is 0.226. The number of fused-ring (bicyclic) bond motifs is 1. The number of rotatable bonds is 7. The maximum absolute atomic E-state index is 13.0.